The topological polar surface area (TPSA) is 92.2 Å². The van der Waals surface area contributed by atoms with Gasteiger partial charge in [-0.25, -0.2) is 9.78 Å². The fourth-order valence-corrected chi connectivity index (χ4v) is 2.75. The molecule has 1 amide bonds. The van der Waals surface area contributed by atoms with Crippen LogP contribution in [0, 0.1) is 6.92 Å². The zero-order valence-corrected chi connectivity index (χ0v) is 13.3. The first-order valence-corrected chi connectivity index (χ1v) is 7.46. The maximum absolute atomic E-state index is 12.4. The van der Waals surface area contributed by atoms with Gasteiger partial charge in [0.15, 0.2) is 0 Å². The van der Waals surface area contributed by atoms with Gasteiger partial charge in [0.2, 0.25) is 0 Å². The number of nitrogens with one attached hydrogen (secondary N) is 1. The smallest absolute Gasteiger partial charge is 0.433 e. The standard InChI is InChI=1S/C14H12F3N3O3S/c1-6-10(13(22)23)24-12(20-6)7(2)19-11(21)8-3-4-9(18-5-8)14(15,16)17/h3-5,7H,1-2H3,(H,19,21)(H,22,23). The summed E-state index contributed by atoms with van der Waals surface area (Å²) < 4.78 is 37.3. The highest BCUT2D eigenvalue weighted by atomic mass is 32.1. The molecule has 2 aromatic rings. The Morgan fingerprint density at radius 3 is 2.46 bits per heavy atom. The SMILES string of the molecule is Cc1nc(C(C)NC(=O)c2ccc(C(F)(F)F)nc2)sc1C(=O)O. The molecule has 0 aromatic carbocycles. The third-order valence-electron chi connectivity index (χ3n) is 3.04. The van der Waals surface area contributed by atoms with E-state index in [2.05, 4.69) is 15.3 Å². The number of aromatic nitrogens is 2. The van der Waals surface area contributed by atoms with Gasteiger partial charge < -0.3 is 10.4 Å². The van der Waals surface area contributed by atoms with Crippen molar-refractivity contribution in [2.45, 2.75) is 26.1 Å². The molecule has 0 aliphatic rings. The number of rotatable bonds is 4. The summed E-state index contributed by atoms with van der Waals surface area (Å²) in [7, 11) is 0. The average molecular weight is 359 g/mol. The number of amides is 1. The molecule has 0 radical (unpaired) electrons. The van der Waals surface area contributed by atoms with Crippen LogP contribution in [0.2, 0.25) is 0 Å². The number of nitrogens with zero attached hydrogens (tertiary/aromatic N) is 2. The molecular weight excluding hydrogens is 347 g/mol. The van der Waals surface area contributed by atoms with E-state index in [1.807, 2.05) is 0 Å². The Balaban J connectivity index is 2.11. The van der Waals surface area contributed by atoms with E-state index in [0.29, 0.717) is 10.7 Å². The summed E-state index contributed by atoms with van der Waals surface area (Å²) >= 11 is 0.929. The zero-order valence-electron chi connectivity index (χ0n) is 12.5. The monoisotopic (exact) mass is 359 g/mol. The Morgan fingerprint density at radius 2 is 2.00 bits per heavy atom. The highest BCUT2D eigenvalue weighted by Gasteiger charge is 2.32. The van der Waals surface area contributed by atoms with Crippen LogP contribution in [0.15, 0.2) is 18.3 Å². The summed E-state index contributed by atoms with van der Waals surface area (Å²) in [6.45, 7) is 3.14. The van der Waals surface area contributed by atoms with Crippen LogP contribution >= 0.6 is 11.3 Å². The molecule has 128 valence electrons. The van der Waals surface area contributed by atoms with Crippen LogP contribution in [0.1, 0.15) is 49.4 Å². The third kappa shape index (κ3) is 3.88. The molecule has 0 aliphatic heterocycles. The predicted molar refractivity (Wildman–Crippen MR) is 78.9 cm³/mol. The highest BCUT2D eigenvalue weighted by Crippen LogP contribution is 2.27. The Hall–Kier alpha value is -2.49. The lowest BCUT2D eigenvalue weighted by molar-refractivity contribution is -0.141. The third-order valence-corrected chi connectivity index (χ3v) is 4.37. The van der Waals surface area contributed by atoms with E-state index in [-0.39, 0.29) is 10.4 Å². The summed E-state index contributed by atoms with van der Waals surface area (Å²) in [4.78, 5) is 30.4. The molecular formula is C14H12F3N3O3S. The van der Waals surface area contributed by atoms with E-state index in [4.69, 9.17) is 5.11 Å². The molecule has 0 saturated carbocycles. The normalized spacial score (nSPS) is 12.7. The minimum absolute atomic E-state index is 0.0402. The van der Waals surface area contributed by atoms with Crippen LogP contribution in [-0.4, -0.2) is 27.0 Å². The Kier molecular flexibility index (Phi) is 4.88. The molecule has 6 nitrogen and oxygen atoms in total. The van der Waals surface area contributed by atoms with Crippen LogP contribution in [0.4, 0.5) is 13.2 Å². The van der Waals surface area contributed by atoms with Gasteiger partial charge in [0.05, 0.1) is 17.3 Å². The molecule has 24 heavy (non-hydrogen) atoms. The number of halogens is 3. The van der Waals surface area contributed by atoms with Gasteiger partial charge in [0, 0.05) is 6.20 Å². The number of carboxylic acids is 1. The molecule has 2 heterocycles. The molecule has 0 aliphatic carbocycles. The first-order chi connectivity index (χ1) is 11.1. The highest BCUT2D eigenvalue weighted by molar-refractivity contribution is 7.13. The second-order valence-electron chi connectivity index (χ2n) is 4.90. The summed E-state index contributed by atoms with van der Waals surface area (Å²) in [5.41, 5.74) is -0.796. The van der Waals surface area contributed by atoms with Crippen molar-refractivity contribution in [3.8, 4) is 0 Å². The summed E-state index contributed by atoms with van der Waals surface area (Å²) in [5.74, 6) is -1.74. The fraction of sp³-hybridized carbons (Fsp3) is 0.286. The summed E-state index contributed by atoms with van der Waals surface area (Å²) in [5, 5.41) is 11.9. The van der Waals surface area contributed by atoms with Crippen molar-refractivity contribution >= 4 is 23.2 Å². The summed E-state index contributed by atoms with van der Waals surface area (Å²) in [6, 6.07) is 1.14. The van der Waals surface area contributed by atoms with Crippen LogP contribution in [0.3, 0.4) is 0 Å². The number of alkyl halides is 3. The van der Waals surface area contributed by atoms with Crippen LogP contribution in [0.5, 0.6) is 0 Å². The van der Waals surface area contributed by atoms with E-state index in [0.717, 1.165) is 29.7 Å². The van der Waals surface area contributed by atoms with Gasteiger partial charge in [-0.05, 0) is 26.0 Å². The van der Waals surface area contributed by atoms with Crippen molar-refractivity contribution in [2.75, 3.05) is 0 Å². The summed E-state index contributed by atoms with van der Waals surface area (Å²) in [6.07, 6.45) is -3.74. The molecule has 0 fully saturated rings. The Bertz CT molecular complexity index is 772. The quantitative estimate of drug-likeness (QED) is 0.875. The van der Waals surface area contributed by atoms with Gasteiger partial charge in [0.25, 0.3) is 5.91 Å². The molecule has 0 saturated heterocycles. The number of carbonyl (C=O) groups excluding carboxylic acids is 1. The van der Waals surface area contributed by atoms with Gasteiger partial charge in [0.1, 0.15) is 15.6 Å². The van der Waals surface area contributed by atoms with Gasteiger partial charge in [-0.2, -0.15) is 13.2 Å². The predicted octanol–water partition coefficient (Wildman–Crippen LogP) is 3.05. The van der Waals surface area contributed by atoms with Crippen molar-refractivity contribution < 1.29 is 27.9 Å². The molecule has 1 atom stereocenters. The van der Waals surface area contributed by atoms with Crippen molar-refractivity contribution in [2.24, 2.45) is 0 Å². The maximum Gasteiger partial charge on any atom is 0.433 e. The van der Waals surface area contributed by atoms with Gasteiger partial charge in [-0.15, -0.1) is 11.3 Å². The van der Waals surface area contributed by atoms with Crippen molar-refractivity contribution in [3.05, 3.63) is 45.2 Å². The number of carboxylic acid groups (broad SMARTS) is 1. The lowest BCUT2D eigenvalue weighted by Gasteiger charge is -2.11. The molecule has 1 unspecified atom stereocenters. The lowest BCUT2D eigenvalue weighted by Crippen LogP contribution is -2.26. The molecule has 2 rings (SSSR count). The zero-order chi connectivity index (χ0) is 18.1. The molecule has 2 N–H and O–H groups in total. The number of hydrogen-bond donors (Lipinski definition) is 2. The first-order valence-electron chi connectivity index (χ1n) is 6.64. The van der Waals surface area contributed by atoms with Crippen molar-refractivity contribution in [1.82, 2.24) is 15.3 Å². The fourth-order valence-electron chi connectivity index (χ4n) is 1.84. The minimum atomic E-state index is -4.58. The second-order valence-corrected chi connectivity index (χ2v) is 5.93. The molecule has 2 aromatic heterocycles. The van der Waals surface area contributed by atoms with Crippen LogP contribution in [0.25, 0.3) is 0 Å². The minimum Gasteiger partial charge on any atom is -0.477 e. The number of pyridine rings is 1. The van der Waals surface area contributed by atoms with Gasteiger partial charge in [-0.3, -0.25) is 9.78 Å². The van der Waals surface area contributed by atoms with Crippen LogP contribution < -0.4 is 5.32 Å². The van der Waals surface area contributed by atoms with Crippen LogP contribution in [-0.2, 0) is 6.18 Å². The van der Waals surface area contributed by atoms with Crippen molar-refractivity contribution in [3.63, 3.8) is 0 Å². The Morgan fingerprint density at radius 1 is 1.33 bits per heavy atom. The number of aromatic carboxylic acids is 1. The van der Waals surface area contributed by atoms with E-state index in [1.165, 1.54) is 6.92 Å². The Labute approximate surface area is 138 Å². The van der Waals surface area contributed by atoms with E-state index in [9.17, 15) is 22.8 Å². The number of carbonyl (C=O) groups is 2. The van der Waals surface area contributed by atoms with Crippen molar-refractivity contribution in [1.29, 1.82) is 0 Å². The lowest BCUT2D eigenvalue weighted by atomic mass is 10.2. The van der Waals surface area contributed by atoms with E-state index in [1.54, 1.807) is 6.92 Å². The maximum atomic E-state index is 12.4. The number of aryl methyl sites for hydroxylation is 1. The number of thiazole rings is 1. The molecule has 0 spiro atoms. The number of hydrogen-bond acceptors (Lipinski definition) is 5. The van der Waals surface area contributed by atoms with Gasteiger partial charge in [-0.1, -0.05) is 0 Å². The molecule has 10 heteroatoms. The van der Waals surface area contributed by atoms with E-state index < -0.39 is 29.8 Å². The van der Waals surface area contributed by atoms with Gasteiger partial charge >= 0.3 is 12.1 Å². The average Bonchev–Trinajstić information content (AvgIpc) is 2.88. The second kappa shape index (κ2) is 6.56. The largest absolute Gasteiger partial charge is 0.477 e. The first kappa shape index (κ1) is 17.9. The van der Waals surface area contributed by atoms with E-state index >= 15 is 0 Å². The molecule has 0 bridgehead atoms.